The number of benzene rings is 1. The molecule has 0 atom stereocenters. The number of hydrogen-bond donors (Lipinski definition) is 2. The van der Waals surface area contributed by atoms with Crippen LogP contribution in [0.2, 0.25) is 5.02 Å². The number of halogens is 1. The van der Waals surface area contributed by atoms with Crippen molar-refractivity contribution in [3.63, 3.8) is 0 Å². The summed E-state index contributed by atoms with van der Waals surface area (Å²) < 4.78 is 0. The molecule has 3 N–H and O–H groups in total. The molecule has 0 amide bonds. The van der Waals surface area contributed by atoms with Crippen molar-refractivity contribution in [3.05, 3.63) is 28.8 Å². The van der Waals surface area contributed by atoms with Gasteiger partial charge in [0.2, 0.25) is 0 Å². The zero-order valence-corrected chi connectivity index (χ0v) is 11.2. The van der Waals surface area contributed by atoms with Gasteiger partial charge < -0.3 is 10.8 Å². The molecule has 4 nitrogen and oxygen atoms in total. The van der Waals surface area contributed by atoms with Crippen LogP contribution in [-0.4, -0.2) is 54.2 Å². The summed E-state index contributed by atoms with van der Waals surface area (Å²) >= 11 is 6.18. The van der Waals surface area contributed by atoms with E-state index in [9.17, 15) is 0 Å². The highest BCUT2D eigenvalue weighted by Crippen LogP contribution is 2.23. The van der Waals surface area contributed by atoms with E-state index in [1.165, 1.54) is 0 Å². The monoisotopic (exact) mass is 269 g/mol. The summed E-state index contributed by atoms with van der Waals surface area (Å²) in [6, 6.07) is 5.65. The fourth-order valence-corrected chi connectivity index (χ4v) is 2.52. The number of anilines is 1. The first-order valence-corrected chi connectivity index (χ1v) is 6.67. The number of hydrogen-bond acceptors (Lipinski definition) is 4. The van der Waals surface area contributed by atoms with E-state index >= 15 is 0 Å². The van der Waals surface area contributed by atoms with Crippen molar-refractivity contribution in [1.29, 1.82) is 0 Å². The van der Waals surface area contributed by atoms with Crippen LogP contribution in [0.5, 0.6) is 0 Å². The van der Waals surface area contributed by atoms with E-state index in [0.29, 0.717) is 0 Å². The number of nitrogens with two attached hydrogens (primary N) is 1. The molecule has 5 heteroatoms. The van der Waals surface area contributed by atoms with Crippen molar-refractivity contribution in [1.82, 2.24) is 9.80 Å². The lowest BCUT2D eigenvalue weighted by atomic mass is 10.1. The second kappa shape index (κ2) is 6.38. The molecule has 0 bridgehead atoms. The van der Waals surface area contributed by atoms with Crippen LogP contribution in [0.3, 0.4) is 0 Å². The van der Waals surface area contributed by atoms with Gasteiger partial charge in [-0.2, -0.15) is 0 Å². The maximum atomic E-state index is 8.90. The normalized spacial score (nSPS) is 18.1. The number of β-amino-alcohol motifs (C(OH)–C–C–N with tert-alkyl or cyclic N) is 1. The van der Waals surface area contributed by atoms with E-state index < -0.39 is 0 Å². The third-order valence-corrected chi connectivity index (χ3v) is 3.77. The Balaban J connectivity index is 1.92. The second-order valence-corrected chi connectivity index (χ2v) is 5.06. The highest BCUT2D eigenvalue weighted by Gasteiger charge is 2.18. The highest BCUT2D eigenvalue weighted by molar-refractivity contribution is 6.31. The summed E-state index contributed by atoms with van der Waals surface area (Å²) in [4.78, 5) is 4.62. The van der Waals surface area contributed by atoms with Crippen LogP contribution in [0, 0.1) is 0 Å². The predicted octanol–water partition coefficient (Wildman–Crippen LogP) is 1.03. The number of aliphatic hydroxyl groups is 1. The molecule has 0 radical (unpaired) electrons. The molecule has 0 aromatic heterocycles. The fraction of sp³-hybridized carbons (Fsp3) is 0.538. The minimum absolute atomic E-state index is 0.234. The van der Waals surface area contributed by atoms with Gasteiger partial charge in [0.05, 0.1) is 6.61 Å². The molecule has 0 saturated carbocycles. The van der Waals surface area contributed by atoms with Crippen LogP contribution in [0.15, 0.2) is 18.2 Å². The lowest BCUT2D eigenvalue weighted by Crippen LogP contribution is -2.46. The molecule has 1 saturated heterocycles. The molecule has 2 rings (SSSR count). The molecule has 1 fully saturated rings. The van der Waals surface area contributed by atoms with Gasteiger partial charge in [0.15, 0.2) is 0 Å². The second-order valence-electron chi connectivity index (χ2n) is 4.65. The van der Waals surface area contributed by atoms with Crippen molar-refractivity contribution in [2.24, 2.45) is 0 Å². The fourth-order valence-electron chi connectivity index (χ4n) is 2.28. The SMILES string of the molecule is Nc1cccc(Cl)c1CN1CCN(CCO)CC1. The third-order valence-electron chi connectivity index (χ3n) is 3.42. The zero-order valence-electron chi connectivity index (χ0n) is 10.5. The van der Waals surface area contributed by atoms with Gasteiger partial charge >= 0.3 is 0 Å². The Morgan fingerprint density at radius 1 is 1.17 bits per heavy atom. The van der Waals surface area contributed by atoms with Crippen LogP contribution in [-0.2, 0) is 6.54 Å². The Kier molecular flexibility index (Phi) is 4.83. The van der Waals surface area contributed by atoms with Gasteiger partial charge in [-0.05, 0) is 12.1 Å². The summed E-state index contributed by atoms with van der Waals surface area (Å²) in [7, 11) is 0. The van der Waals surface area contributed by atoms with Crippen LogP contribution in [0.25, 0.3) is 0 Å². The Hall–Kier alpha value is -0.810. The molecule has 0 unspecified atom stereocenters. The van der Waals surface area contributed by atoms with Crippen LogP contribution >= 0.6 is 11.6 Å². The molecule has 18 heavy (non-hydrogen) atoms. The van der Waals surface area contributed by atoms with Gasteiger partial charge in [0, 0.05) is 55.5 Å². The van der Waals surface area contributed by atoms with Crippen LogP contribution in [0.4, 0.5) is 5.69 Å². The van der Waals surface area contributed by atoms with E-state index in [1.807, 2.05) is 18.2 Å². The van der Waals surface area contributed by atoms with E-state index in [4.69, 9.17) is 22.4 Å². The number of aliphatic hydroxyl groups excluding tert-OH is 1. The lowest BCUT2D eigenvalue weighted by Gasteiger charge is -2.34. The first kappa shape index (κ1) is 13.6. The summed E-state index contributed by atoms with van der Waals surface area (Å²) in [5.41, 5.74) is 7.75. The van der Waals surface area contributed by atoms with Crippen molar-refractivity contribution in [2.45, 2.75) is 6.54 Å². The lowest BCUT2D eigenvalue weighted by molar-refractivity contribution is 0.108. The largest absolute Gasteiger partial charge is 0.398 e. The van der Waals surface area contributed by atoms with E-state index in [-0.39, 0.29) is 6.61 Å². The Morgan fingerprint density at radius 3 is 2.44 bits per heavy atom. The summed E-state index contributed by atoms with van der Waals surface area (Å²) in [6.45, 7) is 5.77. The Labute approximate surface area is 113 Å². The van der Waals surface area contributed by atoms with Crippen molar-refractivity contribution in [3.8, 4) is 0 Å². The number of nitrogens with zero attached hydrogens (tertiary/aromatic N) is 2. The smallest absolute Gasteiger partial charge is 0.0558 e. The molecule has 1 aromatic rings. The highest BCUT2D eigenvalue weighted by atomic mass is 35.5. The first-order valence-electron chi connectivity index (χ1n) is 6.29. The van der Waals surface area contributed by atoms with Gasteiger partial charge in [-0.25, -0.2) is 0 Å². The van der Waals surface area contributed by atoms with Gasteiger partial charge in [0.1, 0.15) is 0 Å². The maximum absolute atomic E-state index is 8.90. The van der Waals surface area contributed by atoms with Gasteiger partial charge in [-0.3, -0.25) is 9.80 Å². The van der Waals surface area contributed by atoms with Gasteiger partial charge in [-0.15, -0.1) is 0 Å². The zero-order chi connectivity index (χ0) is 13.0. The predicted molar refractivity (Wildman–Crippen MR) is 74.7 cm³/mol. The summed E-state index contributed by atoms with van der Waals surface area (Å²) in [5, 5.41) is 9.65. The first-order chi connectivity index (χ1) is 8.70. The molecular formula is C13H20ClN3O. The van der Waals surface area contributed by atoms with E-state index in [0.717, 1.165) is 55.5 Å². The molecule has 0 spiro atoms. The van der Waals surface area contributed by atoms with Crippen molar-refractivity contribution >= 4 is 17.3 Å². The molecule has 0 aliphatic carbocycles. The molecule has 1 aromatic carbocycles. The summed E-state index contributed by atoms with van der Waals surface area (Å²) in [6.07, 6.45) is 0. The molecule has 1 aliphatic heterocycles. The standard InChI is InChI=1S/C13H20ClN3O/c14-12-2-1-3-13(15)11(12)10-17-6-4-16(5-7-17)8-9-18/h1-3,18H,4-10,15H2. The van der Waals surface area contributed by atoms with E-state index in [1.54, 1.807) is 0 Å². The Bertz CT molecular complexity index is 372. The number of rotatable bonds is 4. The van der Waals surface area contributed by atoms with E-state index in [2.05, 4.69) is 9.80 Å². The quantitative estimate of drug-likeness (QED) is 0.802. The van der Waals surface area contributed by atoms with Crippen molar-refractivity contribution in [2.75, 3.05) is 45.1 Å². The average Bonchev–Trinajstić information content (AvgIpc) is 2.36. The number of piperazine rings is 1. The van der Waals surface area contributed by atoms with Gasteiger partial charge in [-0.1, -0.05) is 17.7 Å². The molecule has 100 valence electrons. The minimum Gasteiger partial charge on any atom is -0.398 e. The minimum atomic E-state index is 0.234. The third kappa shape index (κ3) is 3.36. The van der Waals surface area contributed by atoms with Crippen molar-refractivity contribution < 1.29 is 5.11 Å². The van der Waals surface area contributed by atoms with Crippen LogP contribution in [0.1, 0.15) is 5.56 Å². The van der Waals surface area contributed by atoms with Gasteiger partial charge in [0.25, 0.3) is 0 Å². The molecule has 1 aliphatic rings. The Morgan fingerprint density at radius 2 is 1.83 bits per heavy atom. The number of nitrogen functional groups attached to an aromatic ring is 1. The average molecular weight is 270 g/mol. The topological polar surface area (TPSA) is 52.7 Å². The summed E-state index contributed by atoms with van der Waals surface area (Å²) in [5.74, 6) is 0. The molecular weight excluding hydrogens is 250 g/mol. The van der Waals surface area contributed by atoms with Crippen LogP contribution < -0.4 is 5.73 Å². The maximum Gasteiger partial charge on any atom is 0.0558 e. The molecule has 1 heterocycles.